The molecule has 0 spiro atoms. The smallest absolute Gasteiger partial charge is 0.110 e. The molecule has 1 aliphatic rings. The minimum Gasteiger partial charge on any atom is -0.385 e. The van der Waals surface area contributed by atoms with E-state index in [0.29, 0.717) is 20.8 Å². The number of ether oxygens (including phenoxy) is 1. The maximum atomic E-state index is 10.2. The SMILES string of the molecule is CC1(C(O)c2cc(Cl)sc2Cl)CCCO1. The van der Waals surface area contributed by atoms with Crippen molar-refractivity contribution >= 4 is 34.5 Å². The highest BCUT2D eigenvalue weighted by atomic mass is 35.5. The highest BCUT2D eigenvalue weighted by Gasteiger charge is 2.39. The van der Waals surface area contributed by atoms with Gasteiger partial charge in [0.25, 0.3) is 0 Å². The Hall–Kier alpha value is 0.200. The lowest BCUT2D eigenvalue weighted by atomic mass is 9.92. The summed E-state index contributed by atoms with van der Waals surface area (Å²) in [6, 6.07) is 1.71. The fraction of sp³-hybridized carbons (Fsp3) is 0.600. The maximum Gasteiger partial charge on any atom is 0.110 e. The van der Waals surface area contributed by atoms with Gasteiger partial charge in [-0.25, -0.2) is 0 Å². The first-order valence-electron chi connectivity index (χ1n) is 4.80. The topological polar surface area (TPSA) is 29.5 Å². The van der Waals surface area contributed by atoms with Gasteiger partial charge in [0.05, 0.1) is 9.94 Å². The number of hydrogen-bond donors (Lipinski definition) is 1. The monoisotopic (exact) mass is 266 g/mol. The molecular weight excluding hydrogens is 255 g/mol. The van der Waals surface area contributed by atoms with Gasteiger partial charge < -0.3 is 9.84 Å². The number of aliphatic hydroxyl groups excluding tert-OH is 1. The summed E-state index contributed by atoms with van der Waals surface area (Å²) in [6.45, 7) is 2.61. The molecule has 15 heavy (non-hydrogen) atoms. The van der Waals surface area contributed by atoms with Crippen LogP contribution < -0.4 is 0 Å². The van der Waals surface area contributed by atoms with Gasteiger partial charge in [-0.3, -0.25) is 0 Å². The summed E-state index contributed by atoms with van der Waals surface area (Å²) in [4.78, 5) is 0. The fourth-order valence-electron chi connectivity index (χ4n) is 1.88. The van der Waals surface area contributed by atoms with E-state index in [0.717, 1.165) is 12.8 Å². The van der Waals surface area contributed by atoms with Gasteiger partial charge in [-0.1, -0.05) is 23.2 Å². The molecule has 1 saturated heterocycles. The predicted molar refractivity (Wildman–Crippen MR) is 62.9 cm³/mol. The first kappa shape index (κ1) is 11.7. The van der Waals surface area contributed by atoms with Crippen molar-refractivity contribution in [1.29, 1.82) is 0 Å². The van der Waals surface area contributed by atoms with Crippen LogP contribution in [0.1, 0.15) is 31.4 Å². The molecular formula is C10H12Cl2O2S. The van der Waals surface area contributed by atoms with Crippen LogP contribution in [0.2, 0.25) is 8.67 Å². The summed E-state index contributed by atoms with van der Waals surface area (Å²) >= 11 is 13.1. The molecule has 2 nitrogen and oxygen atoms in total. The molecule has 0 aliphatic carbocycles. The van der Waals surface area contributed by atoms with Gasteiger partial charge in [0.1, 0.15) is 10.4 Å². The average Bonchev–Trinajstić information content (AvgIpc) is 2.73. The molecule has 0 amide bonds. The Morgan fingerprint density at radius 1 is 1.60 bits per heavy atom. The summed E-state index contributed by atoms with van der Waals surface area (Å²) in [5.41, 5.74) is 0.157. The van der Waals surface area contributed by atoms with E-state index in [-0.39, 0.29) is 0 Å². The summed E-state index contributed by atoms with van der Waals surface area (Å²) in [7, 11) is 0. The zero-order valence-corrected chi connectivity index (χ0v) is 10.6. The molecule has 0 bridgehead atoms. The van der Waals surface area contributed by atoms with Crippen LogP contribution >= 0.6 is 34.5 Å². The molecule has 1 aromatic heterocycles. The van der Waals surface area contributed by atoms with E-state index in [1.165, 1.54) is 11.3 Å². The van der Waals surface area contributed by atoms with Crippen molar-refractivity contribution in [3.05, 3.63) is 20.3 Å². The second-order valence-corrected chi connectivity index (χ2v) is 6.23. The Kier molecular flexibility index (Phi) is 3.29. The Balaban J connectivity index is 2.27. The van der Waals surface area contributed by atoms with Crippen molar-refractivity contribution in [2.75, 3.05) is 6.61 Å². The van der Waals surface area contributed by atoms with Gasteiger partial charge in [0, 0.05) is 12.2 Å². The van der Waals surface area contributed by atoms with E-state index in [2.05, 4.69) is 0 Å². The lowest BCUT2D eigenvalue weighted by Gasteiger charge is -2.29. The van der Waals surface area contributed by atoms with Gasteiger partial charge in [-0.05, 0) is 25.8 Å². The normalized spacial score (nSPS) is 28.3. The molecule has 0 saturated carbocycles. The van der Waals surface area contributed by atoms with Crippen LogP contribution in [0.5, 0.6) is 0 Å². The van der Waals surface area contributed by atoms with Crippen LogP contribution in [0.15, 0.2) is 6.07 Å². The van der Waals surface area contributed by atoms with Crippen molar-refractivity contribution in [3.63, 3.8) is 0 Å². The fourth-order valence-corrected chi connectivity index (χ4v) is 3.40. The molecule has 2 rings (SSSR count). The molecule has 1 aromatic rings. The lowest BCUT2D eigenvalue weighted by Crippen LogP contribution is -2.31. The first-order valence-corrected chi connectivity index (χ1v) is 6.37. The van der Waals surface area contributed by atoms with Crippen LogP contribution in [-0.4, -0.2) is 17.3 Å². The summed E-state index contributed by atoms with van der Waals surface area (Å²) in [5.74, 6) is 0. The third kappa shape index (κ3) is 2.17. The Labute approximate surface area is 103 Å². The van der Waals surface area contributed by atoms with Crippen molar-refractivity contribution in [2.45, 2.75) is 31.5 Å². The molecule has 1 fully saturated rings. The van der Waals surface area contributed by atoms with Gasteiger partial charge in [-0.15, -0.1) is 11.3 Å². The zero-order chi connectivity index (χ0) is 11.1. The van der Waals surface area contributed by atoms with Crippen molar-refractivity contribution in [3.8, 4) is 0 Å². The van der Waals surface area contributed by atoms with Crippen LogP contribution in [0, 0.1) is 0 Å². The van der Waals surface area contributed by atoms with Crippen molar-refractivity contribution in [1.82, 2.24) is 0 Å². The molecule has 0 radical (unpaired) electrons. The zero-order valence-electron chi connectivity index (χ0n) is 8.30. The van der Waals surface area contributed by atoms with Crippen LogP contribution in [0.25, 0.3) is 0 Å². The largest absolute Gasteiger partial charge is 0.385 e. The summed E-state index contributed by atoms with van der Waals surface area (Å²) < 4.78 is 6.71. The summed E-state index contributed by atoms with van der Waals surface area (Å²) in [6.07, 6.45) is 1.12. The number of hydrogen-bond acceptors (Lipinski definition) is 3. The van der Waals surface area contributed by atoms with Crippen LogP contribution in [-0.2, 0) is 4.74 Å². The van der Waals surface area contributed by atoms with Crippen molar-refractivity contribution < 1.29 is 9.84 Å². The average molecular weight is 267 g/mol. The van der Waals surface area contributed by atoms with Crippen LogP contribution in [0.3, 0.4) is 0 Å². The predicted octanol–water partition coefficient (Wildman–Crippen LogP) is 3.66. The molecule has 2 atom stereocenters. The van der Waals surface area contributed by atoms with Gasteiger partial charge in [-0.2, -0.15) is 0 Å². The van der Waals surface area contributed by atoms with E-state index < -0.39 is 11.7 Å². The molecule has 2 heterocycles. The van der Waals surface area contributed by atoms with Gasteiger partial charge in [0.15, 0.2) is 0 Å². The van der Waals surface area contributed by atoms with E-state index in [9.17, 15) is 5.11 Å². The number of halogens is 2. The number of rotatable bonds is 2. The van der Waals surface area contributed by atoms with E-state index >= 15 is 0 Å². The Bertz CT molecular complexity index is 358. The van der Waals surface area contributed by atoms with Crippen LogP contribution in [0.4, 0.5) is 0 Å². The second-order valence-electron chi connectivity index (χ2n) is 3.95. The van der Waals surface area contributed by atoms with Gasteiger partial charge >= 0.3 is 0 Å². The number of thiophene rings is 1. The highest BCUT2D eigenvalue weighted by Crippen LogP contribution is 2.43. The second kappa shape index (κ2) is 4.22. The molecule has 0 aromatic carbocycles. The van der Waals surface area contributed by atoms with E-state index in [4.69, 9.17) is 27.9 Å². The molecule has 5 heteroatoms. The van der Waals surface area contributed by atoms with E-state index in [1.54, 1.807) is 6.07 Å². The highest BCUT2D eigenvalue weighted by molar-refractivity contribution is 7.20. The van der Waals surface area contributed by atoms with E-state index in [1.807, 2.05) is 6.92 Å². The molecule has 1 aliphatic heterocycles. The minimum absolute atomic E-state index is 0.520. The third-order valence-corrected chi connectivity index (χ3v) is 4.32. The quantitative estimate of drug-likeness (QED) is 0.886. The molecule has 2 unspecified atom stereocenters. The number of aliphatic hydroxyl groups is 1. The minimum atomic E-state index is -0.698. The van der Waals surface area contributed by atoms with Gasteiger partial charge in [0.2, 0.25) is 0 Å². The lowest BCUT2D eigenvalue weighted by molar-refractivity contribution is -0.0794. The molecule has 84 valence electrons. The van der Waals surface area contributed by atoms with Crippen molar-refractivity contribution in [2.24, 2.45) is 0 Å². The maximum absolute atomic E-state index is 10.2. The molecule has 1 N–H and O–H groups in total. The standard InChI is InChI=1S/C10H12Cl2O2S/c1-10(3-2-4-14-10)8(13)6-5-7(11)15-9(6)12/h5,8,13H,2-4H2,1H3. The first-order chi connectivity index (χ1) is 7.03. The Morgan fingerprint density at radius 2 is 2.33 bits per heavy atom. The Morgan fingerprint density at radius 3 is 2.80 bits per heavy atom. The third-order valence-electron chi connectivity index (χ3n) is 2.81. The summed E-state index contributed by atoms with van der Waals surface area (Å²) in [5, 5.41) is 10.2.